The van der Waals surface area contributed by atoms with Crippen molar-refractivity contribution in [2.45, 2.75) is 19.5 Å². The first kappa shape index (κ1) is 21.4. The van der Waals surface area contributed by atoms with Crippen LogP contribution in [0, 0.1) is 5.92 Å². The first-order valence-corrected chi connectivity index (χ1v) is 9.34. The summed E-state index contributed by atoms with van der Waals surface area (Å²) in [6, 6.07) is 10.4. The lowest BCUT2D eigenvalue weighted by molar-refractivity contribution is -0.137. The molecule has 1 saturated heterocycles. The van der Waals surface area contributed by atoms with E-state index < -0.39 is 23.6 Å². The van der Waals surface area contributed by atoms with E-state index in [0.29, 0.717) is 18.8 Å². The first-order chi connectivity index (χ1) is 14.2. The minimum absolute atomic E-state index is 0.00777. The highest BCUT2D eigenvalue weighted by Gasteiger charge is 2.33. The predicted molar refractivity (Wildman–Crippen MR) is 105 cm³/mol. The molecule has 0 aromatic heterocycles. The molecular weight excluding hydrogens is 399 g/mol. The van der Waals surface area contributed by atoms with Crippen molar-refractivity contribution in [2.75, 3.05) is 23.7 Å². The van der Waals surface area contributed by atoms with Gasteiger partial charge in [-0.25, -0.2) is 0 Å². The highest BCUT2D eigenvalue weighted by molar-refractivity contribution is 6.05. The number of nitrogens with zero attached hydrogens (tertiary/aromatic N) is 1. The molecule has 1 unspecified atom stereocenters. The number of hydrogen-bond acceptors (Lipinski definition) is 3. The molecule has 9 heteroatoms. The molecule has 3 amide bonds. The Morgan fingerprint density at radius 2 is 1.73 bits per heavy atom. The molecule has 1 aliphatic rings. The third-order valence-electron chi connectivity index (χ3n) is 4.81. The van der Waals surface area contributed by atoms with Crippen LogP contribution in [0.15, 0.2) is 48.5 Å². The molecule has 1 atom stereocenters. The van der Waals surface area contributed by atoms with E-state index in [1.54, 1.807) is 17.0 Å². The van der Waals surface area contributed by atoms with Crippen molar-refractivity contribution in [1.82, 2.24) is 4.90 Å². The molecule has 2 aromatic carbocycles. The number of amides is 3. The zero-order valence-corrected chi connectivity index (χ0v) is 16.1. The second-order valence-corrected chi connectivity index (χ2v) is 6.94. The van der Waals surface area contributed by atoms with E-state index in [0.717, 1.165) is 12.1 Å². The van der Waals surface area contributed by atoms with Crippen molar-refractivity contribution < 1.29 is 27.6 Å². The van der Waals surface area contributed by atoms with Crippen molar-refractivity contribution in [1.29, 1.82) is 0 Å². The van der Waals surface area contributed by atoms with E-state index in [9.17, 15) is 27.6 Å². The molecule has 0 aliphatic carbocycles. The lowest BCUT2D eigenvalue weighted by Gasteiger charge is -2.14. The fourth-order valence-electron chi connectivity index (χ4n) is 3.21. The SMILES string of the molecule is CCN1CC(C(=O)Nc2cccc(C(=O)Nc3cccc(C(F)(F)F)c3)c2)CC1=O. The number of carbonyl (C=O) groups excluding carboxylic acids is 3. The molecule has 2 aromatic rings. The van der Waals surface area contributed by atoms with Crippen LogP contribution in [0.2, 0.25) is 0 Å². The molecule has 158 valence electrons. The lowest BCUT2D eigenvalue weighted by Crippen LogP contribution is -2.28. The van der Waals surface area contributed by atoms with Gasteiger partial charge in [-0.15, -0.1) is 0 Å². The summed E-state index contributed by atoms with van der Waals surface area (Å²) < 4.78 is 38.5. The smallest absolute Gasteiger partial charge is 0.342 e. The van der Waals surface area contributed by atoms with Gasteiger partial charge in [-0.1, -0.05) is 12.1 Å². The molecular formula is C21H20F3N3O3. The third-order valence-corrected chi connectivity index (χ3v) is 4.81. The number of hydrogen-bond donors (Lipinski definition) is 2. The number of benzene rings is 2. The number of likely N-dealkylation sites (tertiary alicyclic amines) is 1. The van der Waals surface area contributed by atoms with Crippen LogP contribution in [0.4, 0.5) is 24.5 Å². The van der Waals surface area contributed by atoms with Gasteiger partial charge < -0.3 is 15.5 Å². The summed E-state index contributed by atoms with van der Waals surface area (Å²) in [4.78, 5) is 38.3. The Bertz CT molecular complexity index is 975. The fourth-order valence-corrected chi connectivity index (χ4v) is 3.21. The number of rotatable bonds is 5. The summed E-state index contributed by atoms with van der Waals surface area (Å²) in [6.45, 7) is 2.72. The first-order valence-electron chi connectivity index (χ1n) is 9.34. The molecule has 1 fully saturated rings. The summed E-state index contributed by atoms with van der Waals surface area (Å²) >= 11 is 0. The summed E-state index contributed by atoms with van der Waals surface area (Å²) in [5, 5.41) is 5.11. The predicted octanol–water partition coefficient (Wildman–Crippen LogP) is 3.76. The monoisotopic (exact) mass is 419 g/mol. The van der Waals surface area contributed by atoms with E-state index in [1.165, 1.54) is 24.3 Å². The number of anilines is 2. The maximum Gasteiger partial charge on any atom is 0.416 e. The van der Waals surface area contributed by atoms with Crippen LogP contribution in [0.3, 0.4) is 0 Å². The van der Waals surface area contributed by atoms with Crippen LogP contribution in [0.1, 0.15) is 29.3 Å². The van der Waals surface area contributed by atoms with Crippen LogP contribution in [0.25, 0.3) is 0 Å². The summed E-state index contributed by atoms with van der Waals surface area (Å²) in [5.74, 6) is -1.49. The van der Waals surface area contributed by atoms with Crippen molar-refractivity contribution in [2.24, 2.45) is 5.92 Å². The van der Waals surface area contributed by atoms with E-state index in [2.05, 4.69) is 10.6 Å². The van der Waals surface area contributed by atoms with E-state index in [-0.39, 0.29) is 29.5 Å². The van der Waals surface area contributed by atoms with Crippen LogP contribution >= 0.6 is 0 Å². The highest BCUT2D eigenvalue weighted by atomic mass is 19.4. The number of carbonyl (C=O) groups is 3. The van der Waals surface area contributed by atoms with Crippen molar-refractivity contribution >= 4 is 29.1 Å². The minimum atomic E-state index is -4.51. The summed E-state index contributed by atoms with van der Waals surface area (Å²) in [6.07, 6.45) is -4.38. The average Bonchev–Trinajstić information content (AvgIpc) is 3.08. The van der Waals surface area contributed by atoms with Gasteiger partial charge in [0.05, 0.1) is 11.5 Å². The van der Waals surface area contributed by atoms with Gasteiger partial charge in [0.25, 0.3) is 5.91 Å². The standard InChI is InChI=1S/C21H20F3N3O3/c1-2-27-12-14(10-18(27)28)20(30)25-16-7-3-5-13(9-16)19(29)26-17-8-4-6-15(11-17)21(22,23)24/h3-9,11,14H,2,10,12H2,1H3,(H,25,30)(H,26,29). The molecule has 1 aliphatic heterocycles. The van der Waals surface area contributed by atoms with Gasteiger partial charge in [-0.05, 0) is 43.3 Å². The highest BCUT2D eigenvalue weighted by Crippen LogP contribution is 2.30. The number of nitrogens with one attached hydrogen (secondary N) is 2. The second kappa shape index (κ2) is 8.56. The van der Waals surface area contributed by atoms with E-state index >= 15 is 0 Å². The van der Waals surface area contributed by atoms with Crippen molar-refractivity contribution in [3.8, 4) is 0 Å². The molecule has 0 radical (unpaired) electrons. The topological polar surface area (TPSA) is 78.5 Å². The second-order valence-electron chi connectivity index (χ2n) is 6.94. The Morgan fingerprint density at radius 1 is 1.07 bits per heavy atom. The van der Waals surface area contributed by atoms with Gasteiger partial charge >= 0.3 is 6.18 Å². The summed E-state index contributed by atoms with van der Waals surface area (Å²) in [5.41, 5.74) is -0.330. The zero-order chi connectivity index (χ0) is 21.9. The largest absolute Gasteiger partial charge is 0.416 e. The number of alkyl halides is 3. The Balaban J connectivity index is 1.67. The Morgan fingerprint density at radius 3 is 2.37 bits per heavy atom. The lowest BCUT2D eigenvalue weighted by atomic mass is 10.1. The number of halogens is 3. The quantitative estimate of drug-likeness (QED) is 0.775. The molecule has 0 spiro atoms. The average molecular weight is 419 g/mol. The Kier molecular flexibility index (Phi) is 6.09. The van der Waals surface area contributed by atoms with Crippen LogP contribution in [0.5, 0.6) is 0 Å². The molecule has 30 heavy (non-hydrogen) atoms. The summed E-state index contributed by atoms with van der Waals surface area (Å²) in [7, 11) is 0. The normalized spacial score (nSPS) is 16.5. The molecule has 1 heterocycles. The van der Waals surface area contributed by atoms with Crippen molar-refractivity contribution in [3.63, 3.8) is 0 Å². The molecule has 0 saturated carbocycles. The Labute approximate surface area is 171 Å². The van der Waals surface area contributed by atoms with Gasteiger partial charge in [0, 0.05) is 36.4 Å². The van der Waals surface area contributed by atoms with Crippen LogP contribution in [-0.2, 0) is 15.8 Å². The van der Waals surface area contributed by atoms with E-state index in [1.807, 2.05) is 6.92 Å². The van der Waals surface area contributed by atoms with E-state index in [4.69, 9.17) is 0 Å². The maximum absolute atomic E-state index is 12.8. The van der Waals surface area contributed by atoms with Crippen LogP contribution < -0.4 is 10.6 Å². The van der Waals surface area contributed by atoms with Gasteiger partial charge in [0.15, 0.2) is 0 Å². The molecule has 0 bridgehead atoms. The van der Waals surface area contributed by atoms with Crippen molar-refractivity contribution in [3.05, 3.63) is 59.7 Å². The Hall–Kier alpha value is -3.36. The molecule has 3 rings (SSSR count). The third kappa shape index (κ3) is 4.97. The van der Waals surface area contributed by atoms with Gasteiger partial charge in [0.2, 0.25) is 11.8 Å². The van der Waals surface area contributed by atoms with Gasteiger partial charge in [-0.3, -0.25) is 14.4 Å². The van der Waals surface area contributed by atoms with Gasteiger partial charge in [0.1, 0.15) is 0 Å². The van der Waals surface area contributed by atoms with Crippen LogP contribution in [-0.4, -0.2) is 35.7 Å². The fraction of sp³-hybridized carbons (Fsp3) is 0.286. The minimum Gasteiger partial charge on any atom is -0.342 e. The zero-order valence-electron chi connectivity index (χ0n) is 16.1. The molecule has 6 nitrogen and oxygen atoms in total. The van der Waals surface area contributed by atoms with Gasteiger partial charge in [-0.2, -0.15) is 13.2 Å². The maximum atomic E-state index is 12.8. The molecule has 2 N–H and O–H groups in total.